The number of hydrogen-bond acceptors (Lipinski definition) is 5. The summed E-state index contributed by atoms with van der Waals surface area (Å²) in [4.78, 5) is 14.3. The quantitative estimate of drug-likeness (QED) is 0.216. The zero-order chi connectivity index (χ0) is 32.0. The Balaban J connectivity index is 1.28. The van der Waals surface area contributed by atoms with Crippen LogP contribution < -0.4 is 0 Å². The molecule has 5 heteroatoms. The zero-order valence-electron chi connectivity index (χ0n) is 26.9. The molecule has 0 unspecified atom stereocenters. The van der Waals surface area contributed by atoms with Gasteiger partial charge < -0.3 is 4.42 Å². The van der Waals surface area contributed by atoms with Crippen LogP contribution in [0.15, 0.2) is 132 Å². The highest BCUT2D eigenvalue weighted by atomic mass is 32.1. The molecule has 0 aliphatic carbocycles. The monoisotopic (exact) mass is 560 g/mol. The maximum atomic E-state index is 8.64. The van der Waals surface area contributed by atoms with Crippen molar-refractivity contribution in [1.82, 2.24) is 15.0 Å². The number of furan rings is 1. The Kier molecular flexibility index (Phi) is 4.07. The van der Waals surface area contributed by atoms with E-state index in [2.05, 4.69) is 30.3 Å². The molecule has 9 aromatic rings. The topological polar surface area (TPSA) is 51.8 Å². The third-order valence-corrected chi connectivity index (χ3v) is 8.74. The van der Waals surface area contributed by atoms with E-state index >= 15 is 0 Å². The minimum absolute atomic E-state index is 0.00627. The van der Waals surface area contributed by atoms with Crippen molar-refractivity contribution in [3.8, 4) is 34.2 Å². The summed E-state index contributed by atoms with van der Waals surface area (Å²) in [5.41, 5.74) is 2.70. The van der Waals surface area contributed by atoms with E-state index in [1.807, 2.05) is 66.7 Å². The third kappa shape index (κ3) is 3.71. The SMILES string of the molecule is [2H]c1c([2H])c([2H])c(-c2nc(-c3ccc4c(c3)oc3cc5ccccc5cc34)nc(-c3ccc4sc5ccccc5c4c3)n2)c([2H])c1[2H]. The summed E-state index contributed by atoms with van der Waals surface area (Å²) in [6, 6.07) is 30.1. The van der Waals surface area contributed by atoms with Crippen molar-refractivity contribution in [2.24, 2.45) is 0 Å². The lowest BCUT2D eigenvalue weighted by molar-refractivity contribution is 0.669. The summed E-state index contributed by atoms with van der Waals surface area (Å²) in [5, 5.41) is 6.33. The molecule has 196 valence electrons. The van der Waals surface area contributed by atoms with E-state index in [0.717, 1.165) is 48.2 Å². The molecule has 0 amide bonds. The Morgan fingerprint density at radius 3 is 1.98 bits per heavy atom. The highest BCUT2D eigenvalue weighted by Crippen LogP contribution is 2.37. The molecule has 42 heavy (non-hydrogen) atoms. The number of nitrogens with zero attached hydrogens (tertiary/aromatic N) is 3. The molecular weight excluding hydrogens is 534 g/mol. The van der Waals surface area contributed by atoms with E-state index in [0.29, 0.717) is 22.8 Å². The molecule has 4 nitrogen and oxygen atoms in total. The lowest BCUT2D eigenvalue weighted by Gasteiger charge is -2.08. The van der Waals surface area contributed by atoms with Crippen molar-refractivity contribution in [1.29, 1.82) is 0 Å². The van der Waals surface area contributed by atoms with E-state index < -0.39 is 18.1 Å². The fourth-order valence-electron chi connectivity index (χ4n) is 5.57. The Morgan fingerprint density at radius 2 is 1.14 bits per heavy atom. The second kappa shape index (κ2) is 9.06. The number of aromatic nitrogens is 3. The van der Waals surface area contributed by atoms with Crippen molar-refractivity contribution < 1.29 is 11.3 Å². The lowest BCUT2D eigenvalue weighted by Crippen LogP contribution is -2.00. The van der Waals surface area contributed by atoms with Gasteiger partial charge in [-0.1, -0.05) is 78.7 Å². The van der Waals surface area contributed by atoms with Crippen LogP contribution in [0.5, 0.6) is 0 Å². The highest BCUT2D eigenvalue weighted by molar-refractivity contribution is 7.25. The third-order valence-electron chi connectivity index (χ3n) is 7.59. The van der Waals surface area contributed by atoms with Gasteiger partial charge in [-0.3, -0.25) is 0 Å². The second-order valence-corrected chi connectivity index (χ2v) is 11.2. The predicted octanol–water partition coefficient (Wildman–Crippen LogP) is 10.3. The predicted molar refractivity (Wildman–Crippen MR) is 174 cm³/mol. The molecular formula is C37H21N3OS. The fraction of sp³-hybridized carbons (Fsp3) is 0. The molecule has 0 aliphatic heterocycles. The van der Waals surface area contributed by atoms with Crippen LogP contribution in [-0.2, 0) is 0 Å². The Morgan fingerprint density at radius 1 is 0.500 bits per heavy atom. The Bertz CT molecular complexity index is 2740. The number of thiophene rings is 1. The van der Waals surface area contributed by atoms with Crippen molar-refractivity contribution in [3.05, 3.63) is 127 Å². The van der Waals surface area contributed by atoms with Crippen LogP contribution in [0.25, 0.3) is 87.0 Å². The fourth-order valence-corrected chi connectivity index (χ4v) is 6.66. The van der Waals surface area contributed by atoms with Gasteiger partial charge in [0, 0.05) is 47.6 Å². The van der Waals surface area contributed by atoms with E-state index in [1.165, 1.54) is 4.70 Å². The number of benzene rings is 6. The standard InChI is InChI=1S/C37H21N3OS/c1-2-8-22(9-3-1)35-38-36(25-15-17-34-30(19-25)28-12-6-7-13-33(28)42-34)40-37(39-35)26-14-16-27-29-18-23-10-4-5-11-24(23)20-32(29)41-31(27)21-26/h1-21H/i1D,2D,3D,8D,9D. The molecule has 0 radical (unpaired) electrons. The number of hydrogen-bond donors (Lipinski definition) is 0. The minimum Gasteiger partial charge on any atom is -0.456 e. The van der Waals surface area contributed by atoms with Crippen LogP contribution in [0, 0.1) is 0 Å². The van der Waals surface area contributed by atoms with Gasteiger partial charge in [0.1, 0.15) is 11.2 Å². The first-order valence-corrected chi connectivity index (χ1v) is 14.3. The number of rotatable bonds is 3. The molecule has 0 spiro atoms. The summed E-state index contributed by atoms with van der Waals surface area (Å²) in [6.07, 6.45) is 0. The van der Waals surface area contributed by atoms with Crippen molar-refractivity contribution in [2.75, 3.05) is 0 Å². The van der Waals surface area contributed by atoms with Crippen LogP contribution in [-0.4, -0.2) is 15.0 Å². The van der Waals surface area contributed by atoms with Gasteiger partial charge in [0.15, 0.2) is 17.5 Å². The first-order chi connectivity index (χ1) is 22.8. The van der Waals surface area contributed by atoms with E-state index in [9.17, 15) is 0 Å². The molecule has 0 N–H and O–H groups in total. The largest absolute Gasteiger partial charge is 0.456 e. The second-order valence-electron chi connectivity index (χ2n) is 10.1. The molecule has 6 aromatic carbocycles. The van der Waals surface area contributed by atoms with Gasteiger partial charge in [-0.25, -0.2) is 15.0 Å². The Labute approximate surface area is 251 Å². The molecule has 0 aliphatic rings. The maximum absolute atomic E-state index is 8.64. The summed E-state index contributed by atoms with van der Waals surface area (Å²) < 4.78 is 50.5. The highest BCUT2D eigenvalue weighted by Gasteiger charge is 2.16. The van der Waals surface area contributed by atoms with Crippen LogP contribution >= 0.6 is 11.3 Å². The van der Waals surface area contributed by atoms with Gasteiger partial charge in [-0.15, -0.1) is 11.3 Å². The van der Waals surface area contributed by atoms with Gasteiger partial charge in [0.25, 0.3) is 0 Å². The first kappa shape index (κ1) is 18.9. The van der Waals surface area contributed by atoms with Gasteiger partial charge in [-0.2, -0.15) is 0 Å². The smallest absolute Gasteiger partial charge is 0.164 e. The average Bonchev–Trinajstić information content (AvgIpc) is 3.65. The number of fused-ring (bicyclic) bond motifs is 7. The Hall–Kier alpha value is -5.39. The van der Waals surface area contributed by atoms with Crippen LogP contribution in [0.1, 0.15) is 6.85 Å². The van der Waals surface area contributed by atoms with Gasteiger partial charge in [0.05, 0.1) is 6.85 Å². The van der Waals surface area contributed by atoms with Gasteiger partial charge in [0.2, 0.25) is 0 Å². The maximum Gasteiger partial charge on any atom is 0.164 e. The molecule has 0 saturated heterocycles. The van der Waals surface area contributed by atoms with Crippen molar-refractivity contribution in [3.63, 3.8) is 0 Å². The van der Waals surface area contributed by atoms with Crippen LogP contribution in [0.2, 0.25) is 0 Å². The lowest BCUT2D eigenvalue weighted by atomic mass is 10.1. The van der Waals surface area contributed by atoms with Crippen molar-refractivity contribution in [2.45, 2.75) is 0 Å². The summed E-state index contributed by atoms with van der Waals surface area (Å²) in [7, 11) is 0. The van der Waals surface area contributed by atoms with E-state index in [4.69, 9.17) is 26.2 Å². The van der Waals surface area contributed by atoms with Gasteiger partial charge in [-0.05, 0) is 59.3 Å². The molecule has 0 fully saturated rings. The minimum atomic E-state index is -0.476. The molecule has 3 aromatic heterocycles. The van der Waals surface area contributed by atoms with Gasteiger partial charge >= 0.3 is 0 Å². The molecule has 9 rings (SSSR count). The summed E-state index contributed by atoms with van der Waals surface area (Å²) >= 11 is 1.70. The normalized spacial score (nSPS) is 13.5. The average molecular weight is 561 g/mol. The molecule has 0 bridgehead atoms. The van der Waals surface area contributed by atoms with Crippen LogP contribution in [0.3, 0.4) is 0 Å². The van der Waals surface area contributed by atoms with Crippen molar-refractivity contribution >= 4 is 64.2 Å². The summed E-state index contributed by atoms with van der Waals surface area (Å²) in [6.45, 7) is 0. The molecule has 0 atom stereocenters. The summed E-state index contributed by atoms with van der Waals surface area (Å²) in [5.74, 6) is 0.609. The molecule has 3 heterocycles. The first-order valence-electron chi connectivity index (χ1n) is 15.9. The molecule has 0 saturated carbocycles. The van der Waals surface area contributed by atoms with E-state index in [1.54, 1.807) is 11.3 Å². The van der Waals surface area contributed by atoms with E-state index in [-0.39, 0.29) is 23.5 Å². The van der Waals surface area contributed by atoms with Crippen LogP contribution in [0.4, 0.5) is 0 Å². The zero-order valence-corrected chi connectivity index (χ0v) is 22.7.